The zero-order chi connectivity index (χ0) is 39.3. The number of hydrogen-bond acceptors (Lipinski definition) is 4. The average molecular weight is 777 g/mol. The Morgan fingerprint density at radius 1 is 0.719 bits per heavy atom. The zero-order valence-corrected chi connectivity index (χ0v) is 34.9. The first-order chi connectivity index (χ1) is 27.4. The van der Waals surface area contributed by atoms with Crippen molar-refractivity contribution in [3.05, 3.63) is 71.3 Å². The lowest BCUT2D eigenvalue weighted by Gasteiger charge is -2.70. The highest BCUT2D eigenvalue weighted by Gasteiger charge is 2.70. The summed E-state index contributed by atoms with van der Waals surface area (Å²) in [6.07, 6.45) is 18.9. The monoisotopic (exact) mass is 777 g/mol. The van der Waals surface area contributed by atoms with E-state index in [-0.39, 0.29) is 44.4 Å². The van der Waals surface area contributed by atoms with Crippen LogP contribution in [-0.2, 0) is 25.8 Å². The molecular formula is C50H69FN4O2. The van der Waals surface area contributed by atoms with Crippen LogP contribution < -0.4 is 21.7 Å². The summed E-state index contributed by atoms with van der Waals surface area (Å²) in [4.78, 5) is 29.5. The van der Waals surface area contributed by atoms with Crippen molar-refractivity contribution in [3.63, 3.8) is 0 Å². The van der Waals surface area contributed by atoms with E-state index in [1.54, 1.807) is 0 Å². The van der Waals surface area contributed by atoms with Gasteiger partial charge in [-0.1, -0.05) is 74.9 Å². The number of rotatable bonds is 10. The molecule has 8 bridgehead atoms. The van der Waals surface area contributed by atoms with E-state index in [2.05, 4.69) is 84.4 Å². The summed E-state index contributed by atoms with van der Waals surface area (Å²) in [7, 11) is 0. The quantitative estimate of drug-likeness (QED) is 0.194. The number of hydrogen-bond donors (Lipinski definition) is 4. The largest absolute Gasteiger partial charge is 0.353 e. The van der Waals surface area contributed by atoms with E-state index < -0.39 is 17.6 Å². The van der Waals surface area contributed by atoms with Crippen molar-refractivity contribution in [2.24, 2.45) is 39.2 Å². The fraction of sp³-hybridized carbons (Fsp3) is 0.720. The van der Waals surface area contributed by atoms with Gasteiger partial charge in [-0.3, -0.25) is 9.59 Å². The number of benzene rings is 2. The van der Waals surface area contributed by atoms with E-state index in [0.717, 1.165) is 96.6 Å². The Morgan fingerprint density at radius 3 is 2.04 bits per heavy atom. The molecule has 1 heterocycles. The molecule has 9 aliphatic carbocycles. The number of nitrogens with one attached hydrogen (secondary N) is 3. The van der Waals surface area contributed by atoms with Gasteiger partial charge >= 0.3 is 0 Å². The number of piperidine rings is 1. The van der Waals surface area contributed by atoms with E-state index in [9.17, 15) is 9.59 Å². The predicted octanol–water partition coefficient (Wildman–Crippen LogP) is 8.69. The fourth-order valence-corrected chi connectivity index (χ4v) is 17.2. The number of nitrogens with two attached hydrogens (primary N) is 1. The first kappa shape index (κ1) is 38.4. The minimum absolute atomic E-state index is 0.0135. The standard InChI is InChI=1S/C50H69FN4O2/c1-3-18-45-20-35-21-46(28-45,30-47(22-35,29-45)42(56)54-39-15-9-34(23-52)10-16-39)37-11-13-38(14-12-37)49-26-44(2)25-48(31-49,36-7-5-4-6-8-36)32-50(27-44,33-49)43(57)55-41-17-19-53-24-40(41)51/h4-8,11-14,34-35,39-41,53H,3,9-10,15-33,52H2,1-2H3,(H,54,56)(H,55,57)/t34?,35?,39?,40-,41-,44+,45-,46-,47?,48+,49?,50?/m1/s1. The number of carbonyl (C=O) groups is 2. The second-order valence-corrected chi connectivity index (χ2v) is 22.5. The topological polar surface area (TPSA) is 96.2 Å². The van der Waals surface area contributed by atoms with Gasteiger partial charge in [0.2, 0.25) is 11.8 Å². The minimum atomic E-state index is -1.06. The maximum absolute atomic E-state index is 15.2. The van der Waals surface area contributed by atoms with Crippen LogP contribution in [0.25, 0.3) is 0 Å². The van der Waals surface area contributed by atoms with Gasteiger partial charge in [-0.25, -0.2) is 4.39 Å². The molecule has 9 saturated carbocycles. The minimum Gasteiger partial charge on any atom is -0.353 e. The van der Waals surface area contributed by atoms with Crippen molar-refractivity contribution in [2.45, 2.75) is 170 Å². The Kier molecular flexibility index (Phi) is 9.19. The lowest BCUT2D eigenvalue weighted by molar-refractivity contribution is -0.167. The summed E-state index contributed by atoms with van der Waals surface area (Å²) < 4.78 is 15.2. The van der Waals surface area contributed by atoms with Gasteiger partial charge in [-0.05, 0) is 184 Å². The highest BCUT2D eigenvalue weighted by molar-refractivity contribution is 5.85. The normalized spacial score (nSPS) is 45.5. The van der Waals surface area contributed by atoms with Crippen molar-refractivity contribution in [1.29, 1.82) is 0 Å². The Bertz CT molecular complexity index is 1860. The molecule has 57 heavy (non-hydrogen) atoms. The Morgan fingerprint density at radius 2 is 1.37 bits per heavy atom. The molecule has 10 fully saturated rings. The van der Waals surface area contributed by atoms with Crippen molar-refractivity contribution in [3.8, 4) is 0 Å². The molecule has 1 aliphatic heterocycles. The first-order valence-electron chi connectivity index (χ1n) is 23.2. The highest BCUT2D eigenvalue weighted by Crippen LogP contribution is 2.75. The number of carbonyl (C=O) groups excluding carboxylic acids is 2. The fourth-order valence-electron chi connectivity index (χ4n) is 17.2. The van der Waals surface area contributed by atoms with Crippen LogP contribution in [0, 0.1) is 33.5 Å². The SMILES string of the molecule is CCC[C@]12CC3CC(C(=O)NC4CCC(CN)CC4)(C1)C[C@@](c1ccc(C45CC6(C(=O)N[C@@H]7CCNC[C@H]7F)C[C@](C)(C4)C[C@@](c4ccccc4)(C6)C5)cc1)(C3)C2. The Balaban J connectivity index is 0.981. The Labute approximate surface area is 341 Å². The molecule has 12 rings (SSSR count). The van der Waals surface area contributed by atoms with Gasteiger partial charge in [-0.2, -0.15) is 0 Å². The van der Waals surface area contributed by atoms with E-state index in [1.165, 1.54) is 48.8 Å². The van der Waals surface area contributed by atoms with Gasteiger partial charge < -0.3 is 21.7 Å². The second-order valence-electron chi connectivity index (χ2n) is 22.5. The molecule has 7 heteroatoms. The molecule has 0 radical (unpaired) electrons. The molecule has 4 unspecified atom stereocenters. The molecule has 10 aliphatic rings. The lowest BCUT2D eigenvalue weighted by atomic mass is 9.33. The van der Waals surface area contributed by atoms with Crippen LogP contribution in [0.2, 0.25) is 0 Å². The van der Waals surface area contributed by atoms with E-state index in [4.69, 9.17) is 5.73 Å². The van der Waals surface area contributed by atoms with Gasteiger partial charge in [0.05, 0.1) is 16.9 Å². The van der Waals surface area contributed by atoms with Crippen LogP contribution in [0.15, 0.2) is 54.6 Å². The summed E-state index contributed by atoms with van der Waals surface area (Å²) in [5, 5.41) is 10.2. The molecule has 6 nitrogen and oxygen atoms in total. The van der Waals surface area contributed by atoms with Crippen LogP contribution in [0.3, 0.4) is 0 Å². The predicted molar refractivity (Wildman–Crippen MR) is 224 cm³/mol. The van der Waals surface area contributed by atoms with Crippen LogP contribution in [0.5, 0.6) is 0 Å². The maximum Gasteiger partial charge on any atom is 0.226 e. The van der Waals surface area contributed by atoms with Crippen LogP contribution in [0.1, 0.15) is 153 Å². The smallest absolute Gasteiger partial charge is 0.226 e. The van der Waals surface area contributed by atoms with Crippen molar-refractivity contribution in [1.82, 2.24) is 16.0 Å². The molecule has 2 aromatic carbocycles. The van der Waals surface area contributed by atoms with Crippen LogP contribution in [0.4, 0.5) is 4.39 Å². The molecule has 1 saturated heterocycles. The summed E-state index contributed by atoms with van der Waals surface area (Å²) in [5.74, 6) is 1.65. The molecule has 2 amide bonds. The highest BCUT2D eigenvalue weighted by atomic mass is 19.1. The molecule has 308 valence electrons. The molecule has 5 N–H and O–H groups in total. The molecule has 0 spiro atoms. The maximum atomic E-state index is 15.2. The molecule has 2 aromatic rings. The summed E-state index contributed by atoms with van der Waals surface area (Å²) in [6.45, 7) is 6.60. The van der Waals surface area contributed by atoms with Crippen LogP contribution in [-0.4, -0.2) is 49.7 Å². The first-order valence-corrected chi connectivity index (χ1v) is 23.2. The summed E-state index contributed by atoms with van der Waals surface area (Å²) >= 11 is 0. The molecular weight excluding hydrogens is 708 g/mol. The Hall–Kier alpha value is -2.77. The van der Waals surface area contributed by atoms with Gasteiger partial charge in [0, 0.05) is 12.6 Å². The number of halogens is 1. The van der Waals surface area contributed by atoms with Gasteiger partial charge in [0.15, 0.2) is 0 Å². The summed E-state index contributed by atoms with van der Waals surface area (Å²) in [6, 6.07) is 20.8. The second kappa shape index (κ2) is 13.6. The molecule has 0 aromatic heterocycles. The third-order valence-corrected chi connectivity index (χ3v) is 18.0. The third kappa shape index (κ3) is 6.27. The zero-order valence-electron chi connectivity index (χ0n) is 34.9. The van der Waals surface area contributed by atoms with E-state index >= 15 is 4.39 Å². The number of alkyl halides is 1. The number of amides is 2. The van der Waals surface area contributed by atoms with Crippen molar-refractivity contribution in [2.75, 3.05) is 19.6 Å². The average Bonchev–Trinajstić information content (AvgIpc) is 3.18. The third-order valence-electron chi connectivity index (χ3n) is 18.0. The van der Waals surface area contributed by atoms with E-state index in [0.29, 0.717) is 30.7 Å². The van der Waals surface area contributed by atoms with Gasteiger partial charge in [-0.15, -0.1) is 0 Å². The van der Waals surface area contributed by atoms with Gasteiger partial charge in [0.1, 0.15) is 6.17 Å². The van der Waals surface area contributed by atoms with Crippen molar-refractivity contribution >= 4 is 11.8 Å². The van der Waals surface area contributed by atoms with Crippen LogP contribution >= 0.6 is 0 Å². The molecule has 10 atom stereocenters. The lowest BCUT2D eigenvalue weighted by Crippen LogP contribution is -2.68. The van der Waals surface area contributed by atoms with Gasteiger partial charge in [0.25, 0.3) is 0 Å². The summed E-state index contributed by atoms with van der Waals surface area (Å²) in [5.41, 5.74) is 9.46. The van der Waals surface area contributed by atoms with Crippen molar-refractivity contribution < 1.29 is 14.0 Å². The van der Waals surface area contributed by atoms with E-state index in [1.807, 2.05) is 0 Å².